The fraction of sp³-hybridized carbons (Fsp3) is 1.00. The highest BCUT2D eigenvalue weighted by Crippen LogP contribution is 2.07. The van der Waals surface area contributed by atoms with Gasteiger partial charge in [-0.2, -0.15) is 0 Å². The predicted molar refractivity (Wildman–Crippen MR) is 42.0 cm³/mol. The zero-order valence-electron chi connectivity index (χ0n) is 8.08. The molecule has 0 amide bonds. The lowest BCUT2D eigenvalue weighted by Crippen LogP contribution is -1.93. The lowest BCUT2D eigenvalue weighted by atomic mass is 10.0. The summed E-state index contributed by atoms with van der Waals surface area (Å²) in [6.45, 7) is 8.75. The minimum Gasteiger partial charge on any atom is -0.333 e. The van der Waals surface area contributed by atoms with E-state index in [9.17, 15) is 0 Å². The Hall–Kier alpha value is -0.0400. The van der Waals surface area contributed by atoms with Crippen molar-refractivity contribution in [2.24, 2.45) is 11.1 Å². The molecule has 8 heavy (non-hydrogen) atoms. The molecule has 0 aromatic heterocycles. The van der Waals surface area contributed by atoms with E-state index in [4.69, 9.17) is 1.37 Å². The first-order chi connectivity index (χ1) is 4.00. The Morgan fingerprint density at radius 2 is 1.12 bits per heavy atom. The highest BCUT2D eigenvalue weighted by Gasteiger charge is 1.95. The molecule has 0 spiro atoms. The monoisotopic (exact) mass is 120 g/mol. The van der Waals surface area contributed by atoms with Crippen molar-refractivity contribution < 1.29 is 1.37 Å². The van der Waals surface area contributed by atoms with Crippen molar-refractivity contribution in [2.75, 3.05) is 7.05 Å². The number of hydrogen-bond acceptors (Lipinski definition) is 1. The van der Waals surface area contributed by atoms with E-state index in [-0.39, 0.29) is 0 Å². The third kappa shape index (κ3) is 91600. The summed E-state index contributed by atoms with van der Waals surface area (Å²) in [6.07, 6.45) is 0. The van der Waals surface area contributed by atoms with Crippen LogP contribution in [0, 0.1) is 5.41 Å². The Kier molecular flexibility index (Phi) is 9.44. The largest absolute Gasteiger partial charge is 0.333 e. The molecular weight excluding hydrogens is 98.1 g/mol. The molecule has 0 saturated heterocycles. The molecule has 0 aliphatic rings. The second-order valence-electron chi connectivity index (χ2n) is 3.00. The number of rotatable bonds is 0. The van der Waals surface area contributed by atoms with Gasteiger partial charge in [0.1, 0.15) is 0 Å². The molecule has 0 aromatic carbocycles. The van der Waals surface area contributed by atoms with Gasteiger partial charge in [-0.25, -0.2) is 0 Å². The van der Waals surface area contributed by atoms with Gasteiger partial charge in [0.15, 0.2) is 0 Å². The molecule has 0 saturated carbocycles. The molecule has 0 aromatic rings. The van der Waals surface area contributed by atoms with E-state index >= 15 is 0 Å². The Labute approximate surface area is 55.7 Å². The molecule has 0 bridgehead atoms. The number of hydrogen-bond donors (Lipinski definition) is 1. The molecule has 0 fully saturated rings. The summed E-state index contributed by atoms with van der Waals surface area (Å²) in [6, 6.07) is 0. The van der Waals surface area contributed by atoms with Crippen molar-refractivity contribution >= 4 is 0 Å². The molecule has 2 N–H and O–H groups in total. The van der Waals surface area contributed by atoms with E-state index < -0.39 is 0 Å². The van der Waals surface area contributed by atoms with Crippen LogP contribution in [-0.2, 0) is 0 Å². The molecular formula is C7H21N. The van der Waals surface area contributed by atoms with E-state index in [1.807, 2.05) is 0 Å². The van der Waals surface area contributed by atoms with Crippen LogP contribution in [0.2, 0.25) is 0 Å². The SMILES string of the molecule is CC(C)(C)C.CN.[2H]C. The maximum Gasteiger partial charge on any atom is 0.0194 e. The van der Waals surface area contributed by atoms with E-state index in [0.717, 1.165) is 0 Å². The van der Waals surface area contributed by atoms with Crippen molar-refractivity contribution in [1.82, 2.24) is 0 Å². The molecule has 54 valence electrons. The van der Waals surface area contributed by atoms with Crippen LogP contribution in [0.4, 0.5) is 0 Å². The van der Waals surface area contributed by atoms with Crippen LogP contribution in [-0.4, -0.2) is 7.05 Å². The van der Waals surface area contributed by atoms with Crippen LogP contribution in [0.3, 0.4) is 0 Å². The van der Waals surface area contributed by atoms with Gasteiger partial charge in [-0.05, 0) is 12.5 Å². The third-order valence-electron chi connectivity index (χ3n) is 0. The maximum absolute atomic E-state index is 5.75. The van der Waals surface area contributed by atoms with Crippen molar-refractivity contribution in [2.45, 2.75) is 35.1 Å². The first-order valence-electron chi connectivity index (χ1n) is 3.58. The van der Waals surface area contributed by atoms with Gasteiger partial charge in [0.2, 0.25) is 0 Å². The maximum atomic E-state index is 5.75. The van der Waals surface area contributed by atoms with Gasteiger partial charge in [-0.1, -0.05) is 35.1 Å². The van der Waals surface area contributed by atoms with Crippen LogP contribution in [0.1, 0.15) is 36.5 Å². The van der Waals surface area contributed by atoms with Gasteiger partial charge >= 0.3 is 0 Å². The lowest BCUT2D eigenvalue weighted by Gasteiger charge is -2.05. The van der Waals surface area contributed by atoms with Gasteiger partial charge in [-0.3, -0.25) is 0 Å². The zero-order valence-corrected chi connectivity index (χ0v) is 7.08. The van der Waals surface area contributed by atoms with E-state index in [2.05, 4.69) is 33.4 Å². The summed E-state index contributed by atoms with van der Waals surface area (Å²) in [5, 5.41) is 0. The summed E-state index contributed by atoms with van der Waals surface area (Å²) in [5.41, 5.74) is 5.00. The van der Waals surface area contributed by atoms with Gasteiger partial charge in [-0.15, -0.1) is 0 Å². The van der Waals surface area contributed by atoms with Crippen LogP contribution in [0.25, 0.3) is 0 Å². The molecule has 0 aliphatic carbocycles. The average molecular weight is 120 g/mol. The summed E-state index contributed by atoms with van der Waals surface area (Å²) in [4.78, 5) is 0. The second kappa shape index (κ2) is 6.96. The molecule has 0 radical (unpaired) electrons. The summed E-state index contributed by atoms with van der Waals surface area (Å²) < 4.78 is 5.75. The van der Waals surface area contributed by atoms with Gasteiger partial charge < -0.3 is 5.73 Å². The normalized spacial score (nSPS) is 9.12. The zero-order chi connectivity index (χ0) is 8.50. The van der Waals surface area contributed by atoms with Crippen molar-refractivity contribution in [3.05, 3.63) is 0 Å². The smallest absolute Gasteiger partial charge is 0.0194 e. The van der Waals surface area contributed by atoms with Crippen molar-refractivity contribution in [1.29, 1.82) is 0 Å². The van der Waals surface area contributed by atoms with Crippen LogP contribution in [0.15, 0.2) is 0 Å². The highest BCUT2D eigenvalue weighted by molar-refractivity contribution is 4.47. The fourth-order valence-electron chi connectivity index (χ4n) is 0. The van der Waals surface area contributed by atoms with Gasteiger partial charge in [0.05, 0.1) is 0 Å². The van der Waals surface area contributed by atoms with Gasteiger partial charge in [0, 0.05) is 1.37 Å². The molecule has 1 nitrogen and oxygen atoms in total. The molecule has 0 rings (SSSR count). The summed E-state index contributed by atoms with van der Waals surface area (Å²) in [7, 11) is 2.75. The fourth-order valence-corrected chi connectivity index (χ4v) is 0. The predicted octanol–water partition coefficient (Wildman–Crippen LogP) is 2.26. The molecule has 0 atom stereocenters. The molecule has 1 heteroatoms. The number of nitrogens with two attached hydrogens (primary N) is 1. The van der Waals surface area contributed by atoms with Crippen LogP contribution in [0.5, 0.6) is 0 Å². The van der Waals surface area contributed by atoms with Crippen molar-refractivity contribution in [3.63, 3.8) is 0 Å². The quantitative estimate of drug-likeness (QED) is 0.521. The Balaban J connectivity index is -0.0000000771. The van der Waals surface area contributed by atoms with Crippen LogP contribution >= 0.6 is 0 Å². The standard InChI is InChI=1S/C5H12.CH5N.CH4/c1-5(2,3)4;1-2;/h1-4H3;2H2,1H3;1H4/i;;1D. The first-order valence-corrected chi connectivity index (χ1v) is 2.58. The Morgan fingerprint density at radius 3 is 1.12 bits per heavy atom. The lowest BCUT2D eigenvalue weighted by molar-refractivity contribution is 0.469. The van der Waals surface area contributed by atoms with E-state index in [1.54, 1.807) is 0 Å². The minimum atomic E-state index is 0.500. The Bertz CT molecular complexity index is 24.4. The topological polar surface area (TPSA) is 26.0 Å². The van der Waals surface area contributed by atoms with Gasteiger partial charge in [0.25, 0.3) is 0 Å². The van der Waals surface area contributed by atoms with E-state index in [1.165, 1.54) is 14.5 Å². The minimum absolute atomic E-state index is 0.500. The second-order valence-corrected chi connectivity index (χ2v) is 3.00. The molecule has 0 aliphatic heterocycles. The van der Waals surface area contributed by atoms with Crippen LogP contribution < -0.4 is 5.73 Å². The average Bonchev–Trinajstić information content (AvgIpc) is 1.72. The molecule has 0 heterocycles. The summed E-state index contributed by atoms with van der Waals surface area (Å²) >= 11 is 0. The Morgan fingerprint density at radius 1 is 1.12 bits per heavy atom. The van der Waals surface area contributed by atoms with Crippen molar-refractivity contribution in [3.8, 4) is 0 Å². The highest BCUT2D eigenvalue weighted by atomic mass is 14.4. The molecule has 0 unspecified atom stereocenters. The van der Waals surface area contributed by atoms with E-state index in [0.29, 0.717) is 5.41 Å². The summed E-state index contributed by atoms with van der Waals surface area (Å²) in [5.74, 6) is 0. The first kappa shape index (κ1) is 10.9. The third-order valence-corrected chi connectivity index (χ3v) is 0.